The predicted molar refractivity (Wildman–Crippen MR) is 61.5 cm³/mol. The average molecular weight is 255 g/mol. The van der Waals surface area contributed by atoms with Crippen molar-refractivity contribution >= 4 is 11.9 Å². The molecule has 0 atom stereocenters. The molecule has 0 bridgehead atoms. The van der Waals surface area contributed by atoms with Gasteiger partial charge in [0, 0.05) is 6.54 Å². The van der Waals surface area contributed by atoms with Crippen LogP contribution in [-0.4, -0.2) is 32.7 Å². The Balaban J connectivity index is 2.62. The number of methoxy groups -OCH3 is 2. The molecule has 18 heavy (non-hydrogen) atoms. The Hall–Kier alpha value is -1.95. The van der Waals surface area contributed by atoms with E-state index in [-0.39, 0.29) is 12.1 Å². The van der Waals surface area contributed by atoms with E-state index in [2.05, 4.69) is 14.8 Å². The molecule has 1 aromatic carbocycles. The number of ether oxygens (including phenoxy) is 2. The standard InChI is InChI=1S/C12H14FNO4/c1-17-11(15)7-14-6-8-3-4-9(10(13)5-8)12(16)18-2/h3-5,14H,6-7H2,1-2H3. The molecule has 6 heteroatoms. The summed E-state index contributed by atoms with van der Waals surface area (Å²) < 4.78 is 22.4. The minimum atomic E-state index is -0.721. The predicted octanol–water partition coefficient (Wildman–Crippen LogP) is 0.875. The number of hydrogen-bond acceptors (Lipinski definition) is 5. The molecule has 1 rings (SSSR count). The molecule has 0 spiro atoms. The van der Waals surface area contributed by atoms with Gasteiger partial charge in [0.05, 0.1) is 26.3 Å². The van der Waals surface area contributed by atoms with Crippen LogP contribution in [0.4, 0.5) is 4.39 Å². The zero-order chi connectivity index (χ0) is 13.5. The number of carbonyl (C=O) groups excluding carboxylic acids is 2. The van der Waals surface area contributed by atoms with Gasteiger partial charge in [-0.25, -0.2) is 9.18 Å². The Kier molecular flexibility index (Phi) is 5.26. The number of nitrogens with one attached hydrogen (secondary N) is 1. The number of esters is 2. The van der Waals surface area contributed by atoms with E-state index in [4.69, 9.17) is 0 Å². The fraction of sp³-hybridized carbons (Fsp3) is 0.333. The van der Waals surface area contributed by atoms with Crippen LogP contribution < -0.4 is 5.32 Å². The summed E-state index contributed by atoms with van der Waals surface area (Å²) in [6, 6.07) is 4.15. The fourth-order valence-electron chi connectivity index (χ4n) is 1.33. The Morgan fingerprint density at radius 3 is 2.56 bits per heavy atom. The first-order valence-electron chi connectivity index (χ1n) is 5.22. The second-order valence-electron chi connectivity index (χ2n) is 3.49. The van der Waals surface area contributed by atoms with Gasteiger partial charge in [0.2, 0.25) is 0 Å². The molecule has 5 nitrogen and oxygen atoms in total. The molecule has 0 aliphatic heterocycles. The van der Waals surface area contributed by atoms with Gasteiger partial charge in [0.25, 0.3) is 0 Å². The highest BCUT2D eigenvalue weighted by atomic mass is 19.1. The summed E-state index contributed by atoms with van der Waals surface area (Å²) in [5.41, 5.74) is 0.498. The van der Waals surface area contributed by atoms with Crippen LogP contribution in [0.3, 0.4) is 0 Å². The van der Waals surface area contributed by atoms with Crippen LogP contribution in [0.2, 0.25) is 0 Å². The third-order valence-corrected chi connectivity index (χ3v) is 2.26. The average Bonchev–Trinajstić information content (AvgIpc) is 2.37. The fourth-order valence-corrected chi connectivity index (χ4v) is 1.33. The van der Waals surface area contributed by atoms with Crippen LogP contribution in [0.25, 0.3) is 0 Å². The largest absolute Gasteiger partial charge is 0.468 e. The smallest absolute Gasteiger partial charge is 0.340 e. The molecule has 0 saturated heterocycles. The van der Waals surface area contributed by atoms with Crippen LogP contribution in [0.1, 0.15) is 15.9 Å². The van der Waals surface area contributed by atoms with Gasteiger partial charge in [0.1, 0.15) is 5.82 Å². The van der Waals surface area contributed by atoms with Gasteiger partial charge >= 0.3 is 11.9 Å². The Bertz CT molecular complexity index is 448. The van der Waals surface area contributed by atoms with E-state index in [9.17, 15) is 14.0 Å². The molecule has 1 N–H and O–H groups in total. The van der Waals surface area contributed by atoms with Gasteiger partial charge in [-0.1, -0.05) is 6.07 Å². The summed E-state index contributed by atoms with van der Waals surface area (Å²) in [4.78, 5) is 22.0. The summed E-state index contributed by atoms with van der Waals surface area (Å²) >= 11 is 0. The van der Waals surface area contributed by atoms with Crippen molar-refractivity contribution in [2.24, 2.45) is 0 Å². The monoisotopic (exact) mass is 255 g/mol. The van der Waals surface area contributed by atoms with Gasteiger partial charge in [-0.2, -0.15) is 0 Å². The van der Waals surface area contributed by atoms with E-state index >= 15 is 0 Å². The van der Waals surface area contributed by atoms with Crippen molar-refractivity contribution in [1.82, 2.24) is 5.32 Å². The summed E-state index contributed by atoms with van der Waals surface area (Å²) in [7, 11) is 2.47. The first kappa shape index (κ1) is 14.1. The van der Waals surface area contributed by atoms with Gasteiger partial charge < -0.3 is 14.8 Å². The number of halogens is 1. The van der Waals surface area contributed by atoms with Crippen molar-refractivity contribution in [2.45, 2.75) is 6.54 Å². The minimum absolute atomic E-state index is 0.0386. The Morgan fingerprint density at radius 2 is 2.00 bits per heavy atom. The molecule has 0 unspecified atom stereocenters. The van der Waals surface area contributed by atoms with Crippen LogP contribution in [-0.2, 0) is 20.8 Å². The van der Waals surface area contributed by atoms with Crippen LogP contribution in [0, 0.1) is 5.82 Å². The number of rotatable bonds is 5. The molecule has 0 fully saturated rings. The van der Waals surface area contributed by atoms with E-state index in [0.29, 0.717) is 12.1 Å². The lowest BCUT2D eigenvalue weighted by Gasteiger charge is -2.06. The number of carbonyl (C=O) groups is 2. The zero-order valence-electron chi connectivity index (χ0n) is 10.2. The molecule has 0 aliphatic rings. The quantitative estimate of drug-likeness (QED) is 0.791. The van der Waals surface area contributed by atoms with E-state index < -0.39 is 17.8 Å². The van der Waals surface area contributed by atoms with Crippen LogP contribution in [0.15, 0.2) is 18.2 Å². The van der Waals surface area contributed by atoms with Gasteiger partial charge in [-0.15, -0.1) is 0 Å². The van der Waals surface area contributed by atoms with Crippen LogP contribution in [0.5, 0.6) is 0 Å². The first-order valence-corrected chi connectivity index (χ1v) is 5.22. The van der Waals surface area contributed by atoms with Crippen molar-refractivity contribution in [1.29, 1.82) is 0 Å². The highest BCUT2D eigenvalue weighted by molar-refractivity contribution is 5.89. The summed E-state index contributed by atoms with van der Waals surface area (Å²) in [6.45, 7) is 0.338. The van der Waals surface area contributed by atoms with E-state index in [1.807, 2.05) is 0 Å². The molecule has 1 aromatic rings. The lowest BCUT2D eigenvalue weighted by molar-refractivity contribution is -0.139. The lowest BCUT2D eigenvalue weighted by Crippen LogP contribution is -2.23. The van der Waals surface area contributed by atoms with Crippen molar-refractivity contribution < 1.29 is 23.5 Å². The third-order valence-electron chi connectivity index (χ3n) is 2.26. The number of benzene rings is 1. The highest BCUT2D eigenvalue weighted by Crippen LogP contribution is 2.11. The molecular formula is C12H14FNO4. The molecular weight excluding hydrogens is 241 g/mol. The summed E-state index contributed by atoms with van der Waals surface area (Å²) in [5, 5.41) is 2.78. The molecule has 0 radical (unpaired) electrons. The Morgan fingerprint density at radius 1 is 1.28 bits per heavy atom. The van der Waals surface area contributed by atoms with Gasteiger partial charge in [0.15, 0.2) is 0 Å². The summed E-state index contributed by atoms with van der Waals surface area (Å²) in [6.07, 6.45) is 0. The molecule has 0 heterocycles. The molecule has 0 saturated carbocycles. The van der Waals surface area contributed by atoms with E-state index in [1.54, 1.807) is 6.07 Å². The van der Waals surface area contributed by atoms with E-state index in [1.165, 1.54) is 26.4 Å². The molecule has 0 aliphatic carbocycles. The topological polar surface area (TPSA) is 64.6 Å². The Labute approximate surface area is 104 Å². The van der Waals surface area contributed by atoms with Crippen molar-refractivity contribution in [3.8, 4) is 0 Å². The van der Waals surface area contributed by atoms with Crippen molar-refractivity contribution in [3.63, 3.8) is 0 Å². The molecule has 98 valence electrons. The minimum Gasteiger partial charge on any atom is -0.468 e. The molecule has 0 aromatic heterocycles. The van der Waals surface area contributed by atoms with Crippen molar-refractivity contribution in [2.75, 3.05) is 20.8 Å². The first-order chi connectivity index (χ1) is 8.58. The lowest BCUT2D eigenvalue weighted by atomic mass is 10.1. The van der Waals surface area contributed by atoms with Crippen molar-refractivity contribution in [3.05, 3.63) is 35.1 Å². The highest BCUT2D eigenvalue weighted by Gasteiger charge is 2.12. The second kappa shape index (κ2) is 6.70. The maximum atomic E-state index is 13.5. The maximum absolute atomic E-state index is 13.5. The third kappa shape index (κ3) is 3.81. The second-order valence-corrected chi connectivity index (χ2v) is 3.49. The maximum Gasteiger partial charge on any atom is 0.340 e. The van der Waals surface area contributed by atoms with Crippen LogP contribution >= 0.6 is 0 Å². The molecule has 0 amide bonds. The zero-order valence-corrected chi connectivity index (χ0v) is 10.2. The van der Waals surface area contributed by atoms with Gasteiger partial charge in [-0.05, 0) is 17.7 Å². The summed E-state index contributed by atoms with van der Waals surface area (Å²) in [5.74, 6) is -1.78. The van der Waals surface area contributed by atoms with Gasteiger partial charge in [-0.3, -0.25) is 4.79 Å². The van der Waals surface area contributed by atoms with E-state index in [0.717, 1.165) is 0 Å². The number of hydrogen-bond donors (Lipinski definition) is 1. The SMILES string of the molecule is COC(=O)CNCc1ccc(C(=O)OC)c(F)c1. The normalized spacial score (nSPS) is 9.94.